The number of rotatable bonds is 4. The monoisotopic (exact) mass is 254 g/mol. The second kappa shape index (κ2) is 4.29. The lowest BCUT2D eigenvalue weighted by Gasteiger charge is -2.23. The van der Waals surface area contributed by atoms with E-state index in [0.717, 1.165) is 28.5 Å². The summed E-state index contributed by atoms with van der Waals surface area (Å²) in [4.78, 5) is 16.6. The Hall–Kier alpha value is -1.10. The summed E-state index contributed by atoms with van der Waals surface area (Å²) in [6, 6.07) is 0. The second-order valence-corrected chi connectivity index (χ2v) is 6.20. The Kier molecular flexibility index (Phi) is 3.12. The molecule has 17 heavy (non-hydrogen) atoms. The Morgan fingerprint density at radius 1 is 1.65 bits per heavy atom. The number of hydrogen-bond donors (Lipinski definition) is 2. The summed E-state index contributed by atoms with van der Waals surface area (Å²) in [6.45, 7) is 6.36. The normalized spacial score (nSPS) is 19.1. The number of carbonyl (C=O) groups is 1. The smallest absolute Gasteiger partial charge is 0.312 e. The molecule has 0 saturated heterocycles. The maximum absolute atomic E-state index is 11.1. The number of thiazole rings is 1. The van der Waals surface area contributed by atoms with Crippen molar-refractivity contribution in [3.05, 3.63) is 10.6 Å². The zero-order chi connectivity index (χ0) is 12.6. The largest absolute Gasteiger partial charge is 0.481 e. The van der Waals surface area contributed by atoms with E-state index in [1.165, 1.54) is 0 Å². The van der Waals surface area contributed by atoms with Crippen LogP contribution < -0.4 is 5.32 Å². The molecule has 5 heteroatoms. The van der Waals surface area contributed by atoms with E-state index >= 15 is 0 Å². The van der Waals surface area contributed by atoms with Crippen molar-refractivity contribution in [2.75, 3.05) is 5.32 Å². The molecule has 0 saturated carbocycles. The SMILES string of the molecule is CCC(C)(C)Nc1nc2c(s1)CCC2C(=O)O. The summed E-state index contributed by atoms with van der Waals surface area (Å²) < 4.78 is 0. The summed E-state index contributed by atoms with van der Waals surface area (Å²) in [5.41, 5.74) is 0.779. The van der Waals surface area contributed by atoms with Gasteiger partial charge in [0, 0.05) is 10.4 Å². The predicted molar refractivity (Wildman–Crippen MR) is 68.8 cm³/mol. The molecule has 94 valence electrons. The van der Waals surface area contributed by atoms with Crippen molar-refractivity contribution >= 4 is 22.4 Å². The zero-order valence-electron chi connectivity index (χ0n) is 10.4. The minimum absolute atomic E-state index is 0.00428. The minimum Gasteiger partial charge on any atom is -0.481 e. The molecule has 2 rings (SSSR count). The average molecular weight is 254 g/mol. The highest BCUT2D eigenvalue weighted by Crippen LogP contribution is 2.39. The van der Waals surface area contributed by atoms with Crippen LogP contribution in [0.4, 0.5) is 5.13 Å². The number of fused-ring (bicyclic) bond motifs is 1. The van der Waals surface area contributed by atoms with Gasteiger partial charge in [0.25, 0.3) is 0 Å². The average Bonchev–Trinajstić information content (AvgIpc) is 2.75. The van der Waals surface area contributed by atoms with Gasteiger partial charge in [-0.2, -0.15) is 0 Å². The number of aromatic nitrogens is 1. The Morgan fingerprint density at radius 3 is 2.94 bits per heavy atom. The molecule has 2 N–H and O–H groups in total. The maximum atomic E-state index is 11.1. The van der Waals surface area contributed by atoms with E-state index in [9.17, 15) is 4.79 Å². The highest BCUT2D eigenvalue weighted by molar-refractivity contribution is 7.15. The number of nitrogens with zero attached hydrogens (tertiary/aromatic N) is 1. The van der Waals surface area contributed by atoms with Gasteiger partial charge in [-0.15, -0.1) is 11.3 Å². The number of aliphatic carboxylic acids is 1. The summed E-state index contributed by atoms with van der Waals surface area (Å²) in [5.74, 6) is -1.16. The van der Waals surface area contributed by atoms with Gasteiger partial charge in [-0.05, 0) is 33.1 Å². The number of nitrogens with one attached hydrogen (secondary N) is 1. The van der Waals surface area contributed by atoms with Crippen LogP contribution >= 0.6 is 11.3 Å². The Labute approximate surface area is 105 Å². The lowest BCUT2D eigenvalue weighted by molar-refractivity contribution is -0.138. The fraction of sp³-hybridized carbons (Fsp3) is 0.667. The van der Waals surface area contributed by atoms with Crippen molar-refractivity contribution in [3.8, 4) is 0 Å². The quantitative estimate of drug-likeness (QED) is 0.867. The van der Waals surface area contributed by atoms with Crippen LogP contribution in [0.1, 0.15) is 50.1 Å². The van der Waals surface area contributed by atoms with Crippen molar-refractivity contribution in [3.63, 3.8) is 0 Å². The Balaban J connectivity index is 2.19. The van der Waals surface area contributed by atoms with Crippen molar-refractivity contribution in [1.29, 1.82) is 0 Å². The molecule has 1 aromatic rings. The van der Waals surface area contributed by atoms with Crippen molar-refractivity contribution < 1.29 is 9.90 Å². The summed E-state index contributed by atoms with van der Waals surface area (Å²) in [6.07, 6.45) is 2.54. The summed E-state index contributed by atoms with van der Waals surface area (Å²) >= 11 is 1.60. The topological polar surface area (TPSA) is 62.2 Å². The molecule has 1 aliphatic carbocycles. The minimum atomic E-state index is -0.754. The molecule has 0 amide bonds. The van der Waals surface area contributed by atoms with Crippen LogP contribution in [0.25, 0.3) is 0 Å². The molecule has 1 heterocycles. The molecule has 1 unspecified atom stereocenters. The van der Waals surface area contributed by atoms with Gasteiger partial charge in [0.05, 0.1) is 5.69 Å². The number of hydrogen-bond acceptors (Lipinski definition) is 4. The van der Waals surface area contributed by atoms with Crippen LogP contribution in [-0.4, -0.2) is 21.6 Å². The van der Waals surface area contributed by atoms with Gasteiger partial charge in [0.2, 0.25) is 0 Å². The number of carboxylic acids is 1. The molecule has 1 atom stereocenters. The van der Waals surface area contributed by atoms with Gasteiger partial charge in [-0.25, -0.2) is 4.98 Å². The maximum Gasteiger partial charge on any atom is 0.312 e. The molecule has 1 aliphatic rings. The van der Waals surface area contributed by atoms with Gasteiger partial charge in [0.15, 0.2) is 5.13 Å². The van der Waals surface area contributed by atoms with Crippen molar-refractivity contribution in [1.82, 2.24) is 4.98 Å². The van der Waals surface area contributed by atoms with Crippen LogP contribution in [0.5, 0.6) is 0 Å². The van der Waals surface area contributed by atoms with Gasteiger partial charge < -0.3 is 10.4 Å². The molecule has 0 aliphatic heterocycles. The third-order valence-corrected chi connectivity index (χ3v) is 4.39. The fourth-order valence-corrected chi connectivity index (χ4v) is 3.12. The molecule has 0 radical (unpaired) electrons. The van der Waals surface area contributed by atoms with E-state index in [1.54, 1.807) is 11.3 Å². The van der Waals surface area contributed by atoms with Gasteiger partial charge >= 0.3 is 5.97 Å². The lowest BCUT2D eigenvalue weighted by Crippen LogP contribution is -2.29. The molecule has 0 spiro atoms. The van der Waals surface area contributed by atoms with E-state index < -0.39 is 11.9 Å². The van der Waals surface area contributed by atoms with Crippen LogP contribution in [0.3, 0.4) is 0 Å². The predicted octanol–water partition coefficient (Wildman–Crippen LogP) is 2.86. The Morgan fingerprint density at radius 2 is 2.35 bits per heavy atom. The van der Waals surface area contributed by atoms with Gasteiger partial charge in [-0.3, -0.25) is 4.79 Å². The van der Waals surface area contributed by atoms with E-state index in [2.05, 4.69) is 31.1 Å². The first-order chi connectivity index (χ1) is 7.93. The van der Waals surface area contributed by atoms with Gasteiger partial charge in [-0.1, -0.05) is 6.92 Å². The highest BCUT2D eigenvalue weighted by Gasteiger charge is 2.32. The standard InChI is InChI=1S/C12H18N2O2S/c1-4-12(2,3)14-11-13-9-7(10(15)16)5-6-8(9)17-11/h7H,4-6H2,1-3H3,(H,13,14)(H,15,16). The fourth-order valence-electron chi connectivity index (χ4n) is 1.90. The second-order valence-electron chi connectivity index (χ2n) is 5.12. The van der Waals surface area contributed by atoms with Crippen LogP contribution in [0.2, 0.25) is 0 Å². The molecule has 4 nitrogen and oxygen atoms in total. The lowest BCUT2D eigenvalue weighted by atomic mass is 10.0. The van der Waals surface area contributed by atoms with Crippen LogP contribution in [0, 0.1) is 0 Å². The van der Waals surface area contributed by atoms with Crippen molar-refractivity contribution in [2.45, 2.75) is 51.5 Å². The number of carboxylic acid groups (broad SMARTS) is 1. The van der Waals surface area contributed by atoms with Crippen LogP contribution in [-0.2, 0) is 11.2 Å². The van der Waals surface area contributed by atoms with E-state index in [1.807, 2.05) is 0 Å². The van der Waals surface area contributed by atoms with E-state index in [0.29, 0.717) is 6.42 Å². The highest BCUT2D eigenvalue weighted by atomic mass is 32.1. The summed E-state index contributed by atoms with van der Waals surface area (Å²) in [7, 11) is 0. The number of anilines is 1. The molecule has 0 bridgehead atoms. The molecule has 1 aromatic heterocycles. The van der Waals surface area contributed by atoms with Crippen LogP contribution in [0.15, 0.2) is 0 Å². The zero-order valence-corrected chi connectivity index (χ0v) is 11.2. The Bertz CT molecular complexity index is 440. The molecule has 0 fully saturated rings. The first-order valence-corrected chi connectivity index (χ1v) is 6.75. The third-order valence-electron chi connectivity index (χ3n) is 3.35. The first kappa shape index (κ1) is 12.4. The van der Waals surface area contributed by atoms with E-state index in [-0.39, 0.29) is 5.54 Å². The first-order valence-electron chi connectivity index (χ1n) is 5.93. The molecular formula is C12H18N2O2S. The molecular weight excluding hydrogens is 236 g/mol. The number of aryl methyl sites for hydroxylation is 1. The van der Waals surface area contributed by atoms with E-state index in [4.69, 9.17) is 5.11 Å². The summed E-state index contributed by atoms with van der Waals surface area (Å²) in [5, 5.41) is 13.3. The molecule has 0 aromatic carbocycles. The third kappa shape index (κ3) is 2.44. The van der Waals surface area contributed by atoms with Gasteiger partial charge in [0.1, 0.15) is 5.92 Å². The van der Waals surface area contributed by atoms with Crippen molar-refractivity contribution in [2.24, 2.45) is 0 Å².